The first kappa shape index (κ1) is 23.3. The Morgan fingerprint density at radius 2 is 1.50 bits per heavy atom. The fraction of sp³-hybridized carbons (Fsp3) is 0.850. The molecule has 0 aliphatic carbocycles. The van der Waals surface area contributed by atoms with Gasteiger partial charge in [-0.3, -0.25) is 4.79 Å². The minimum atomic E-state index is -0.980. The van der Waals surface area contributed by atoms with Gasteiger partial charge in [0.25, 0.3) is 5.97 Å². The van der Waals surface area contributed by atoms with E-state index in [-0.39, 0.29) is 5.78 Å². The lowest BCUT2D eigenvalue weighted by Crippen LogP contribution is -2.38. The fourth-order valence-corrected chi connectivity index (χ4v) is 3.00. The molecule has 0 aromatic carbocycles. The van der Waals surface area contributed by atoms with E-state index in [1.54, 1.807) is 28.3 Å². The zero-order valence-electron chi connectivity index (χ0n) is 16.5. The molecule has 0 rings (SSSR count). The van der Waals surface area contributed by atoms with E-state index in [4.69, 9.17) is 14.2 Å². The normalized spacial score (nSPS) is 13.0. The Morgan fingerprint density at radius 3 is 2.00 bits per heavy atom. The van der Waals surface area contributed by atoms with Gasteiger partial charge in [0.1, 0.15) is 0 Å². The molecule has 0 aliphatic rings. The third kappa shape index (κ3) is 9.55. The molecule has 0 bridgehead atoms. The van der Waals surface area contributed by atoms with Gasteiger partial charge in [-0.2, -0.15) is 0 Å². The van der Waals surface area contributed by atoms with Crippen molar-refractivity contribution in [1.29, 1.82) is 0 Å². The molecule has 0 saturated heterocycles. The highest BCUT2D eigenvalue weighted by atomic mass is 16.9. The highest BCUT2D eigenvalue weighted by Crippen LogP contribution is 2.30. The van der Waals surface area contributed by atoms with Crippen LogP contribution in [0.4, 0.5) is 0 Å². The van der Waals surface area contributed by atoms with Crippen LogP contribution in [0.2, 0.25) is 0 Å². The van der Waals surface area contributed by atoms with Crippen LogP contribution in [0, 0.1) is 5.92 Å². The molecule has 4 heteroatoms. The zero-order chi connectivity index (χ0) is 18.4. The maximum Gasteiger partial charge on any atom is 0.282 e. The van der Waals surface area contributed by atoms with Crippen molar-refractivity contribution < 1.29 is 19.0 Å². The third-order valence-electron chi connectivity index (χ3n) is 4.68. The average Bonchev–Trinajstić information content (AvgIpc) is 2.58. The van der Waals surface area contributed by atoms with Crippen molar-refractivity contribution in [2.45, 2.75) is 84.0 Å². The van der Waals surface area contributed by atoms with E-state index in [9.17, 15) is 4.79 Å². The molecule has 142 valence electrons. The van der Waals surface area contributed by atoms with Crippen LogP contribution in [-0.2, 0) is 19.0 Å². The molecule has 0 saturated carbocycles. The van der Waals surface area contributed by atoms with Gasteiger partial charge in [-0.1, -0.05) is 52.0 Å². The second kappa shape index (κ2) is 13.6. The second-order valence-electron chi connectivity index (χ2n) is 6.66. The summed E-state index contributed by atoms with van der Waals surface area (Å²) in [5.41, 5.74) is 0.645. The molecular formula is C20H38O4. The molecule has 0 aromatic rings. The van der Waals surface area contributed by atoms with Crippen molar-refractivity contribution in [2.24, 2.45) is 5.92 Å². The van der Waals surface area contributed by atoms with Crippen molar-refractivity contribution >= 4 is 5.78 Å². The third-order valence-corrected chi connectivity index (χ3v) is 4.68. The summed E-state index contributed by atoms with van der Waals surface area (Å²) in [5.74, 6) is -0.399. The molecule has 1 unspecified atom stereocenters. The number of carbonyl (C=O) groups is 1. The number of hydrogen-bond donors (Lipinski definition) is 0. The van der Waals surface area contributed by atoms with Gasteiger partial charge in [-0.15, -0.1) is 0 Å². The predicted octanol–water partition coefficient (Wildman–Crippen LogP) is 5.26. The van der Waals surface area contributed by atoms with Crippen LogP contribution in [0.5, 0.6) is 0 Å². The largest absolute Gasteiger partial charge is 0.331 e. The van der Waals surface area contributed by atoms with Gasteiger partial charge in [0.2, 0.25) is 0 Å². The Bertz CT molecular complexity index is 339. The summed E-state index contributed by atoms with van der Waals surface area (Å²) in [4.78, 5) is 11.7. The van der Waals surface area contributed by atoms with Crippen LogP contribution in [0.25, 0.3) is 0 Å². The summed E-state index contributed by atoms with van der Waals surface area (Å²) in [6, 6.07) is 0. The fourth-order valence-electron chi connectivity index (χ4n) is 3.00. The van der Waals surface area contributed by atoms with Crippen molar-refractivity contribution in [3.8, 4) is 0 Å². The Labute approximate surface area is 148 Å². The Kier molecular flexibility index (Phi) is 13.2. The Morgan fingerprint density at radius 1 is 0.958 bits per heavy atom. The van der Waals surface area contributed by atoms with Crippen molar-refractivity contribution in [2.75, 3.05) is 21.3 Å². The van der Waals surface area contributed by atoms with Crippen LogP contribution in [0.15, 0.2) is 12.2 Å². The van der Waals surface area contributed by atoms with E-state index < -0.39 is 5.97 Å². The summed E-state index contributed by atoms with van der Waals surface area (Å²) in [7, 11) is 4.82. The van der Waals surface area contributed by atoms with Gasteiger partial charge < -0.3 is 14.2 Å². The summed E-state index contributed by atoms with van der Waals surface area (Å²) >= 11 is 0. The van der Waals surface area contributed by atoms with E-state index in [0.29, 0.717) is 24.3 Å². The highest BCUT2D eigenvalue weighted by Gasteiger charge is 2.33. The SMILES string of the molecule is C=C(C)C(=O)CCCC(CCCCCCC)CC(OC)(OC)OC. The molecule has 0 aliphatic heterocycles. The number of hydrogen-bond acceptors (Lipinski definition) is 4. The first-order chi connectivity index (χ1) is 11.4. The second-order valence-corrected chi connectivity index (χ2v) is 6.66. The van der Waals surface area contributed by atoms with Gasteiger partial charge >= 0.3 is 0 Å². The maximum atomic E-state index is 11.7. The summed E-state index contributed by atoms with van der Waals surface area (Å²) in [5, 5.41) is 0. The number of ketones is 1. The van der Waals surface area contributed by atoms with Gasteiger partial charge in [0, 0.05) is 34.2 Å². The van der Waals surface area contributed by atoms with Gasteiger partial charge in [-0.05, 0) is 31.3 Å². The molecule has 0 aromatic heterocycles. The summed E-state index contributed by atoms with van der Waals surface area (Å²) < 4.78 is 16.4. The average molecular weight is 343 g/mol. The Balaban J connectivity index is 4.52. The van der Waals surface area contributed by atoms with Gasteiger partial charge in [-0.25, -0.2) is 0 Å². The minimum absolute atomic E-state index is 0.160. The first-order valence-electron chi connectivity index (χ1n) is 9.28. The number of rotatable bonds is 16. The monoisotopic (exact) mass is 342 g/mol. The van der Waals surface area contributed by atoms with Crippen molar-refractivity contribution in [1.82, 2.24) is 0 Å². The predicted molar refractivity (Wildman–Crippen MR) is 98.9 cm³/mol. The van der Waals surface area contributed by atoms with E-state index >= 15 is 0 Å². The number of carbonyl (C=O) groups excluding carboxylic acids is 1. The maximum absolute atomic E-state index is 11.7. The standard InChI is InChI=1S/C20H38O4/c1-7-8-9-10-11-13-18(14-12-15-19(21)17(2)3)16-20(22-4,23-5)24-6/h18H,2,7-16H2,1,3-6H3. The lowest BCUT2D eigenvalue weighted by Gasteiger charge is -2.32. The molecule has 1 atom stereocenters. The number of methoxy groups -OCH3 is 3. The number of ether oxygens (including phenoxy) is 3. The van der Waals surface area contributed by atoms with Gasteiger partial charge in [0.15, 0.2) is 5.78 Å². The van der Waals surface area contributed by atoms with Crippen LogP contribution < -0.4 is 0 Å². The Hall–Kier alpha value is -0.710. The molecule has 0 fully saturated rings. The van der Waals surface area contributed by atoms with Crippen LogP contribution in [0.3, 0.4) is 0 Å². The summed E-state index contributed by atoms with van der Waals surface area (Å²) in [6.45, 7) is 7.73. The minimum Gasteiger partial charge on any atom is -0.331 e. The molecule has 4 nitrogen and oxygen atoms in total. The van der Waals surface area contributed by atoms with Crippen molar-refractivity contribution in [3.63, 3.8) is 0 Å². The van der Waals surface area contributed by atoms with Crippen LogP contribution in [-0.4, -0.2) is 33.1 Å². The molecule has 0 amide bonds. The molecule has 0 spiro atoms. The van der Waals surface area contributed by atoms with Crippen LogP contribution in [0.1, 0.15) is 78.1 Å². The van der Waals surface area contributed by atoms with E-state index in [1.807, 2.05) is 0 Å². The lowest BCUT2D eigenvalue weighted by molar-refractivity contribution is -0.359. The number of allylic oxidation sites excluding steroid dienone is 1. The van der Waals surface area contributed by atoms with Crippen LogP contribution >= 0.6 is 0 Å². The zero-order valence-corrected chi connectivity index (χ0v) is 16.5. The smallest absolute Gasteiger partial charge is 0.282 e. The topological polar surface area (TPSA) is 44.8 Å². The quantitative estimate of drug-likeness (QED) is 0.218. The van der Waals surface area contributed by atoms with E-state index in [0.717, 1.165) is 19.3 Å². The summed E-state index contributed by atoms with van der Waals surface area (Å²) in [6.07, 6.45) is 10.5. The molecule has 0 radical (unpaired) electrons. The molecule has 0 heterocycles. The first-order valence-corrected chi connectivity index (χ1v) is 9.28. The van der Waals surface area contributed by atoms with Crippen molar-refractivity contribution in [3.05, 3.63) is 12.2 Å². The lowest BCUT2D eigenvalue weighted by atomic mass is 9.90. The number of Topliss-reactive ketones (excluding diaryl/α,β-unsaturated/α-hetero) is 1. The van der Waals surface area contributed by atoms with Gasteiger partial charge in [0.05, 0.1) is 0 Å². The van der Waals surface area contributed by atoms with E-state index in [1.165, 1.54) is 32.1 Å². The molecule has 0 N–H and O–H groups in total. The molecule has 24 heavy (non-hydrogen) atoms. The highest BCUT2D eigenvalue weighted by molar-refractivity contribution is 5.93. The van der Waals surface area contributed by atoms with E-state index in [2.05, 4.69) is 13.5 Å². The number of unbranched alkanes of at least 4 members (excludes halogenated alkanes) is 4. The molecular weight excluding hydrogens is 304 g/mol.